The Morgan fingerprint density at radius 2 is 2.11 bits per heavy atom. The van der Waals surface area contributed by atoms with Gasteiger partial charge in [0.05, 0.1) is 10.1 Å². The van der Waals surface area contributed by atoms with Crippen molar-refractivity contribution in [3.05, 3.63) is 45.8 Å². The number of benzene rings is 1. The molecule has 0 fully saturated rings. The molecule has 19 heavy (non-hydrogen) atoms. The Balaban J connectivity index is 2.39. The lowest BCUT2D eigenvalue weighted by Gasteiger charge is -2.27. The molecule has 1 aliphatic rings. The summed E-state index contributed by atoms with van der Waals surface area (Å²) in [6.45, 7) is 2.86. The second-order valence-corrected chi connectivity index (χ2v) is 4.51. The fourth-order valence-corrected chi connectivity index (χ4v) is 2.51. The largest absolute Gasteiger partial charge is 0.805 e. The van der Waals surface area contributed by atoms with Crippen molar-refractivity contribution < 1.29 is 9.22 Å². The number of aromatic nitrogens is 2. The molecule has 0 bridgehead atoms. The number of para-hydroxylation sites is 2. The predicted octanol–water partition coefficient (Wildman–Crippen LogP) is 0.920. The number of carbonyl (C=O) groups is 1. The maximum atomic E-state index is 12.3. The maximum Gasteiger partial charge on any atom is 0.346 e. The molecule has 1 aliphatic heterocycles. The van der Waals surface area contributed by atoms with Crippen molar-refractivity contribution >= 4 is 16.9 Å². The van der Waals surface area contributed by atoms with Gasteiger partial charge in [0.1, 0.15) is 5.52 Å². The normalized spacial score (nSPS) is 14.8. The summed E-state index contributed by atoms with van der Waals surface area (Å²) in [6.07, 6.45) is 0.408. The van der Waals surface area contributed by atoms with Crippen LogP contribution in [0, 0.1) is 10.1 Å². The minimum atomic E-state index is -0.367. The molecule has 0 unspecified atom stereocenters. The SMILES string of the molecule is CCN1CCc2c([n+](=O)c3ccccc3n2[O-])C1=O. The van der Waals surface area contributed by atoms with E-state index in [0.717, 1.165) is 0 Å². The highest BCUT2D eigenvalue weighted by molar-refractivity contribution is 5.94. The lowest BCUT2D eigenvalue weighted by atomic mass is 10.1. The molecule has 0 radical (unpaired) electrons. The van der Waals surface area contributed by atoms with Crippen molar-refractivity contribution in [1.29, 1.82) is 0 Å². The molecule has 1 aromatic heterocycles. The minimum absolute atomic E-state index is 0.0400. The quantitative estimate of drug-likeness (QED) is 0.715. The third-order valence-electron chi connectivity index (χ3n) is 3.53. The summed E-state index contributed by atoms with van der Waals surface area (Å²) < 4.78 is 1.30. The molecule has 2 aromatic rings. The number of fused-ring (bicyclic) bond motifs is 2. The van der Waals surface area contributed by atoms with E-state index in [2.05, 4.69) is 0 Å². The van der Waals surface area contributed by atoms with Gasteiger partial charge in [0.25, 0.3) is 5.52 Å². The van der Waals surface area contributed by atoms with E-state index >= 15 is 0 Å². The average Bonchev–Trinajstić information content (AvgIpc) is 2.44. The molecule has 1 aromatic carbocycles. The highest BCUT2D eigenvalue weighted by Crippen LogP contribution is 2.19. The topological polar surface area (TPSA) is 71.3 Å². The van der Waals surface area contributed by atoms with Crippen molar-refractivity contribution in [3.8, 4) is 0 Å². The van der Waals surface area contributed by atoms with Crippen LogP contribution in [0.3, 0.4) is 0 Å². The molecule has 3 rings (SSSR count). The first-order valence-corrected chi connectivity index (χ1v) is 6.21. The van der Waals surface area contributed by atoms with Crippen molar-refractivity contribution in [2.45, 2.75) is 13.3 Å². The Bertz CT molecular complexity index is 736. The van der Waals surface area contributed by atoms with E-state index in [1.807, 2.05) is 6.92 Å². The van der Waals surface area contributed by atoms with E-state index in [0.29, 0.717) is 34.2 Å². The van der Waals surface area contributed by atoms with Gasteiger partial charge >= 0.3 is 11.6 Å². The van der Waals surface area contributed by atoms with Gasteiger partial charge in [0.15, 0.2) is 0 Å². The molecule has 98 valence electrons. The van der Waals surface area contributed by atoms with Gasteiger partial charge in [-0.25, -0.2) is 0 Å². The van der Waals surface area contributed by atoms with Crippen molar-refractivity contribution in [2.75, 3.05) is 13.1 Å². The third-order valence-corrected chi connectivity index (χ3v) is 3.53. The van der Waals surface area contributed by atoms with Crippen LogP contribution in [0.5, 0.6) is 0 Å². The van der Waals surface area contributed by atoms with E-state index in [9.17, 15) is 14.9 Å². The fraction of sp³-hybridized carbons (Fsp3) is 0.308. The highest BCUT2D eigenvalue weighted by atomic mass is 16.5. The van der Waals surface area contributed by atoms with Gasteiger partial charge in [-0.3, -0.25) is 4.79 Å². The number of amides is 1. The van der Waals surface area contributed by atoms with E-state index < -0.39 is 0 Å². The molecule has 0 saturated carbocycles. The second kappa shape index (κ2) is 4.08. The molecule has 0 atom stereocenters. The van der Waals surface area contributed by atoms with E-state index in [1.165, 1.54) is 0 Å². The number of nitrogens with zero attached hydrogens (tertiary/aromatic N) is 3. The Kier molecular flexibility index (Phi) is 2.51. The van der Waals surface area contributed by atoms with Crippen molar-refractivity contribution in [1.82, 2.24) is 9.63 Å². The summed E-state index contributed by atoms with van der Waals surface area (Å²) in [4.78, 5) is 26.1. The van der Waals surface area contributed by atoms with Crippen LogP contribution >= 0.6 is 0 Å². The number of likely N-dealkylation sites (N-methyl/N-ethyl adjacent to an activating group) is 1. The smallest absolute Gasteiger partial charge is 0.346 e. The van der Waals surface area contributed by atoms with Crippen LogP contribution in [0.4, 0.5) is 0 Å². The zero-order valence-corrected chi connectivity index (χ0v) is 10.5. The number of carbonyl (C=O) groups excluding carboxylic acids is 1. The van der Waals surface area contributed by atoms with Gasteiger partial charge in [-0.2, -0.15) is 0 Å². The molecular weight excluding hydrogens is 246 g/mol. The first kappa shape index (κ1) is 11.7. The second-order valence-electron chi connectivity index (χ2n) is 4.51. The van der Waals surface area contributed by atoms with Crippen LogP contribution in [0.1, 0.15) is 23.1 Å². The first-order valence-electron chi connectivity index (χ1n) is 6.21. The lowest BCUT2D eigenvalue weighted by molar-refractivity contribution is -0.469. The van der Waals surface area contributed by atoms with Crippen LogP contribution in [0.15, 0.2) is 24.3 Å². The van der Waals surface area contributed by atoms with Gasteiger partial charge in [0.2, 0.25) is 0 Å². The van der Waals surface area contributed by atoms with Gasteiger partial charge in [-0.15, -0.1) is 0 Å². The molecule has 0 aliphatic carbocycles. The summed E-state index contributed by atoms with van der Waals surface area (Å²) >= 11 is 0. The zero-order chi connectivity index (χ0) is 13.6. The third kappa shape index (κ3) is 1.53. The summed E-state index contributed by atoms with van der Waals surface area (Å²) in [5.74, 6) is -0.367. The highest BCUT2D eigenvalue weighted by Gasteiger charge is 2.35. The Labute approximate surface area is 109 Å². The van der Waals surface area contributed by atoms with Crippen molar-refractivity contribution in [2.24, 2.45) is 0 Å². The van der Waals surface area contributed by atoms with E-state index in [4.69, 9.17) is 0 Å². The summed E-state index contributed by atoms with van der Waals surface area (Å²) in [7, 11) is 0. The van der Waals surface area contributed by atoms with Gasteiger partial charge in [-0.1, -0.05) is 12.1 Å². The number of rotatable bonds is 1. The van der Waals surface area contributed by atoms with E-state index in [1.54, 1.807) is 29.2 Å². The molecular formula is C13H13N3O3. The standard InChI is InChI=1S/C13H13N3O3/c1-2-14-8-7-11-12(13(14)17)16(19)10-6-4-3-5-9(10)15(11)18/h3-6H,2,7-8H2,1H3. The summed E-state index contributed by atoms with van der Waals surface area (Å²) in [6, 6.07) is 6.52. The maximum absolute atomic E-state index is 12.3. The molecule has 0 saturated heterocycles. The average molecular weight is 259 g/mol. The fourth-order valence-electron chi connectivity index (χ4n) is 2.51. The Hall–Kier alpha value is -2.37. The van der Waals surface area contributed by atoms with Crippen LogP contribution in [-0.4, -0.2) is 28.6 Å². The van der Waals surface area contributed by atoms with Gasteiger partial charge in [-0.05, 0) is 13.0 Å². The van der Waals surface area contributed by atoms with Gasteiger partial charge < -0.3 is 14.8 Å². The molecule has 0 N–H and O–H groups in total. The molecule has 2 heterocycles. The van der Waals surface area contributed by atoms with Crippen LogP contribution in [-0.2, 0) is 6.42 Å². The molecule has 6 heteroatoms. The molecule has 1 amide bonds. The van der Waals surface area contributed by atoms with Crippen LogP contribution in [0.2, 0.25) is 0 Å². The first-order chi connectivity index (χ1) is 9.15. The minimum Gasteiger partial charge on any atom is -0.805 e. The van der Waals surface area contributed by atoms with E-state index in [-0.39, 0.29) is 22.8 Å². The van der Waals surface area contributed by atoms with Crippen molar-refractivity contribution in [3.63, 3.8) is 0 Å². The number of hydrogen-bond donors (Lipinski definition) is 0. The summed E-state index contributed by atoms with van der Waals surface area (Å²) in [5, 5.41) is 12.3. The van der Waals surface area contributed by atoms with Crippen LogP contribution < -0.4 is 4.43 Å². The lowest BCUT2D eigenvalue weighted by Crippen LogP contribution is -2.45. The zero-order valence-electron chi connectivity index (χ0n) is 10.5. The Morgan fingerprint density at radius 3 is 2.84 bits per heavy atom. The number of hydrogen-bond acceptors (Lipinski definition) is 3. The predicted molar refractivity (Wildman–Crippen MR) is 69.4 cm³/mol. The monoisotopic (exact) mass is 259 g/mol. The van der Waals surface area contributed by atoms with Gasteiger partial charge in [0, 0.05) is 30.5 Å². The molecule has 0 spiro atoms. The summed E-state index contributed by atoms with van der Waals surface area (Å²) in [5.41, 5.74) is 0.752. The van der Waals surface area contributed by atoms with Crippen LogP contribution in [0.25, 0.3) is 11.0 Å². The molecule has 6 nitrogen and oxygen atoms in total. The Morgan fingerprint density at radius 1 is 1.37 bits per heavy atom.